The number of rotatable bonds is 8. The maximum absolute atomic E-state index is 13.2. The van der Waals surface area contributed by atoms with E-state index in [0.717, 1.165) is 5.56 Å². The van der Waals surface area contributed by atoms with E-state index in [9.17, 15) is 19.1 Å². The third kappa shape index (κ3) is 7.30. The minimum absolute atomic E-state index is 0.0747. The van der Waals surface area contributed by atoms with Crippen molar-refractivity contribution in [1.82, 2.24) is 15.6 Å². The molecular weight excluding hydrogens is 403 g/mol. The fourth-order valence-corrected chi connectivity index (χ4v) is 3.53. The predicted molar refractivity (Wildman–Crippen MR) is 113 cm³/mol. The molecule has 3 atom stereocenters. The number of pyridine rings is 1. The molecular formula is C22H27FN4O4. The predicted octanol–water partition coefficient (Wildman–Crippen LogP) is 2.00. The molecule has 9 heteroatoms. The second kappa shape index (κ2) is 11.4. The number of anilines is 1. The van der Waals surface area contributed by atoms with E-state index < -0.39 is 18.0 Å². The molecule has 166 valence electrons. The number of carbonyl (C=O) groups is 2. The van der Waals surface area contributed by atoms with Gasteiger partial charge in [0.1, 0.15) is 11.9 Å². The van der Waals surface area contributed by atoms with Gasteiger partial charge in [0.2, 0.25) is 5.91 Å². The van der Waals surface area contributed by atoms with Gasteiger partial charge in [-0.15, -0.1) is 0 Å². The first kappa shape index (κ1) is 22.6. The summed E-state index contributed by atoms with van der Waals surface area (Å²) in [4.78, 5) is 28.2. The van der Waals surface area contributed by atoms with Gasteiger partial charge in [-0.1, -0.05) is 6.07 Å². The van der Waals surface area contributed by atoms with Crippen LogP contribution in [0.5, 0.6) is 0 Å². The zero-order valence-electron chi connectivity index (χ0n) is 17.1. The zero-order valence-corrected chi connectivity index (χ0v) is 17.1. The Morgan fingerprint density at radius 1 is 1.19 bits per heavy atom. The highest BCUT2D eigenvalue weighted by atomic mass is 19.1. The Bertz CT molecular complexity index is 868. The highest BCUT2D eigenvalue weighted by molar-refractivity contribution is 5.89. The number of amides is 3. The largest absolute Gasteiger partial charge is 0.394 e. The fraction of sp³-hybridized carbons (Fsp3) is 0.409. The van der Waals surface area contributed by atoms with Crippen LogP contribution in [0, 0.1) is 5.82 Å². The highest BCUT2D eigenvalue weighted by Crippen LogP contribution is 2.22. The summed E-state index contributed by atoms with van der Waals surface area (Å²) in [6.45, 7) is 0.223. The molecule has 0 radical (unpaired) electrons. The van der Waals surface area contributed by atoms with E-state index >= 15 is 0 Å². The van der Waals surface area contributed by atoms with E-state index in [1.807, 2.05) is 0 Å². The molecule has 1 aliphatic heterocycles. The van der Waals surface area contributed by atoms with Crippen LogP contribution in [0.4, 0.5) is 14.9 Å². The maximum Gasteiger partial charge on any atom is 0.319 e. The number of aromatic nitrogens is 1. The van der Waals surface area contributed by atoms with Gasteiger partial charge in [0.05, 0.1) is 25.2 Å². The van der Waals surface area contributed by atoms with Crippen LogP contribution < -0.4 is 16.0 Å². The van der Waals surface area contributed by atoms with Crippen molar-refractivity contribution in [1.29, 1.82) is 0 Å². The van der Waals surface area contributed by atoms with E-state index in [4.69, 9.17) is 4.74 Å². The second-order valence-electron chi connectivity index (χ2n) is 7.44. The van der Waals surface area contributed by atoms with E-state index in [1.54, 1.807) is 30.6 Å². The van der Waals surface area contributed by atoms with Gasteiger partial charge in [0.25, 0.3) is 0 Å². The van der Waals surface area contributed by atoms with Crippen molar-refractivity contribution in [2.24, 2.45) is 0 Å². The van der Waals surface area contributed by atoms with Crippen molar-refractivity contribution in [3.63, 3.8) is 0 Å². The quantitative estimate of drug-likeness (QED) is 0.512. The summed E-state index contributed by atoms with van der Waals surface area (Å²) in [7, 11) is 0. The zero-order chi connectivity index (χ0) is 22.1. The molecule has 31 heavy (non-hydrogen) atoms. The Morgan fingerprint density at radius 2 is 2.00 bits per heavy atom. The van der Waals surface area contributed by atoms with Gasteiger partial charge in [-0.2, -0.15) is 0 Å². The van der Waals surface area contributed by atoms with Gasteiger partial charge < -0.3 is 25.8 Å². The molecule has 2 aromatic rings. The molecule has 3 rings (SSSR count). The van der Waals surface area contributed by atoms with Crippen molar-refractivity contribution in [2.45, 2.75) is 43.9 Å². The lowest BCUT2D eigenvalue weighted by Crippen LogP contribution is -2.52. The molecule has 0 saturated carbocycles. The first-order valence-corrected chi connectivity index (χ1v) is 10.3. The molecule has 1 aromatic carbocycles. The number of nitrogens with zero attached hydrogens (tertiary/aromatic N) is 1. The third-order valence-electron chi connectivity index (χ3n) is 5.10. The van der Waals surface area contributed by atoms with Gasteiger partial charge >= 0.3 is 6.03 Å². The van der Waals surface area contributed by atoms with Crippen LogP contribution in [0.2, 0.25) is 0 Å². The minimum Gasteiger partial charge on any atom is -0.394 e. The Hall–Kier alpha value is -3.04. The summed E-state index contributed by atoms with van der Waals surface area (Å²) in [5.41, 5.74) is 1.24. The molecule has 4 N–H and O–H groups in total. The summed E-state index contributed by atoms with van der Waals surface area (Å²) < 4.78 is 19.1. The van der Waals surface area contributed by atoms with Gasteiger partial charge in [-0.05, 0) is 55.2 Å². The summed E-state index contributed by atoms with van der Waals surface area (Å²) in [6, 6.07) is 8.35. The van der Waals surface area contributed by atoms with Crippen LogP contribution in [-0.4, -0.2) is 53.4 Å². The molecule has 0 aliphatic carbocycles. The summed E-state index contributed by atoms with van der Waals surface area (Å²) in [5.74, 6) is -0.517. The average molecular weight is 430 g/mol. The van der Waals surface area contributed by atoms with Gasteiger partial charge in [0, 0.05) is 24.6 Å². The average Bonchev–Trinajstić information content (AvgIpc) is 2.75. The molecule has 3 amide bonds. The molecule has 1 aromatic heterocycles. The molecule has 1 aliphatic rings. The van der Waals surface area contributed by atoms with Crippen molar-refractivity contribution in [2.75, 3.05) is 18.5 Å². The Kier molecular flexibility index (Phi) is 8.31. The van der Waals surface area contributed by atoms with E-state index in [1.165, 1.54) is 18.2 Å². The molecule has 1 saturated heterocycles. The summed E-state index contributed by atoms with van der Waals surface area (Å²) >= 11 is 0. The SMILES string of the molecule is O=C(Cc1ccncc1)NCC[C@H]1CC[C@H](NC(=O)Nc2cccc(F)c2)[C@H](CO)O1. The minimum atomic E-state index is -0.551. The lowest BCUT2D eigenvalue weighted by atomic mass is 9.97. The van der Waals surface area contributed by atoms with Crippen LogP contribution in [0.3, 0.4) is 0 Å². The standard InChI is InChI=1S/C22H27FN4O4/c23-16-2-1-3-17(13-16)26-22(30)27-19-5-4-18(31-20(19)14-28)8-11-25-21(29)12-15-6-9-24-10-7-15/h1-3,6-7,9-10,13,18-20,28H,4-5,8,11-12,14H2,(H,25,29)(H2,26,27,30)/t18-,19+,20+/m1/s1. The van der Waals surface area contributed by atoms with Crippen LogP contribution in [0.25, 0.3) is 0 Å². The molecule has 0 spiro atoms. The Morgan fingerprint density at radius 3 is 2.74 bits per heavy atom. The van der Waals surface area contributed by atoms with Crippen molar-refractivity contribution >= 4 is 17.6 Å². The fourth-order valence-electron chi connectivity index (χ4n) is 3.53. The van der Waals surface area contributed by atoms with Gasteiger partial charge in [0.15, 0.2) is 0 Å². The van der Waals surface area contributed by atoms with Crippen LogP contribution in [0.1, 0.15) is 24.8 Å². The number of halogens is 1. The molecule has 0 bridgehead atoms. The van der Waals surface area contributed by atoms with Crippen molar-refractivity contribution in [3.05, 3.63) is 60.2 Å². The molecule has 2 heterocycles. The maximum atomic E-state index is 13.2. The smallest absolute Gasteiger partial charge is 0.319 e. The number of nitrogens with one attached hydrogen (secondary N) is 3. The number of benzene rings is 1. The van der Waals surface area contributed by atoms with E-state index in [-0.39, 0.29) is 24.7 Å². The second-order valence-corrected chi connectivity index (χ2v) is 7.44. The van der Waals surface area contributed by atoms with E-state index in [0.29, 0.717) is 37.9 Å². The van der Waals surface area contributed by atoms with Crippen LogP contribution >= 0.6 is 0 Å². The van der Waals surface area contributed by atoms with E-state index in [2.05, 4.69) is 20.9 Å². The highest BCUT2D eigenvalue weighted by Gasteiger charge is 2.31. The number of urea groups is 1. The first-order chi connectivity index (χ1) is 15.0. The Balaban J connectivity index is 1.39. The summed E-state index contributed by atoms with van der Waals surface area (Å²) in [6.07, 6.45) is 4.83. The van der Waals surface area contributed by atoms with Crippen molar-refractivity contribution in [3.8, 4) is 0 Å². The number of hydrogen-bond donors (Lipinski definition) is 4. The number of aliphatic hydroxyl groups is 1. The third-order valence-corrected chi connectivity index (χ3v) is 5.10. The lowest BCUT2D eigenvalue weighted by Gasteiger charge is -2.36. The van der Waals surface area contributed by atoms with Gasteiger partial charge in [-0.25, -0.2) is 9.18 Å². The van der Waals surface area contributed by atoms with Crippen molar-refractivity contribution < 1.29 is 23.8 Å². The summed E-state index contributed by atoms with van der Waals surface area (Å²) in [5, 5.41) is 17.9. The van der Waals surface area contributed by atoms with Crippen LogP contribution in [-0.2, 0) is 16.0 Å². The normalized spacial score (nSPS) is 20.6. The van der Waals surface area contributed by atoms with Gasteiger partial charge in [-0.3, -0.25) is 9.78 Å². The Labute approximate surface area is 180 Å². The lowest BCUT2D eigenvalue weighted by molar-refractivity contribution is -0.121. The molecule has 1 fully saturated rings. The van der Waals surface area contributed by atoms with Crippen LogP contribution in [0.15, 0.2) is 48.8 Å². The molecule has 8 nitrogen and oxygen atoms in total. The number of ether oxygens (including phenoxy) is 1. The number of carbonyl (C=O) groups excluding carboxylic acids is 2. The first-order valence-electron chi connectivity index (χ1n) is 10.3. The topological polar surface area (TPSA) is 113 Å². The number of hydrogen-bond acceptors (Lipinski definition) is 5. The molecule has 0 unspecified atom stereocenters. The monoisotopic (exact) mass is 430 g/mol. The number of aliphatic hydroxyl groups excluding tert-OH is 1.